The summed E-state index contributed by atoms with van der Waals surface area (Å²) in [5, 5.41) is 0. The molecule has 11 heteroatoms. The second-order valence-corrected chi connectivity index (χ2v) is 8.69. The van der Waals surface area contributed by atoms with E-state index in [9.17, 15) is 31.2 Å². The average Bonchev–Trinajstić information content (AvgIpc) is 2.82. The molecule has 34 heavy (non-hydrogen) atoms. The van der Waals surface area contributed by atoms with Crippen LogP contribution in [0, 0.1) is 0 Å². The smallest absolute Gasteiger partial charge is 0.466 e. The van der Waals surface area contributed by atoms with Crippen molar-refractivity contribution < 1.29 is 40.1 Å². The number of alkyl halides is 3. The van der Waals surface area contributed by atoms with E-state index in [1.54, 1.807) is 42.5 Å². The van der Waals surface area contributed by atoms with Crippen molar-refractivity contribution in [2.45, 2.75) is 24.9 Å². The average molecular weight is 495 g/mol. The van der Waals surface area contributed by atoms with E-state index in [0.29, 0.717) is 5.56 Å². The Morgan fingerprint density at radius 2 is 1.53 bits per heavy atom. The SMILES string of the molecule is COC(=O)C1=C(C(=O)N(Cc2ccccc2)c2ccccc2OS(=O)(=O)C(F)(F)F)CC=CC1. The lowest BCUT2D eigenvalue weighted by Crippen LogP contribution is -2.34. The maximum atomic E-state index is 13.6. The second kappa shape index (κ2) is 10.1. The van der Waals surface area contributed by atoms with Crippen LogP contribution >= 0.6 is 0 Å². The van der Waals surface area contributed by atoms with E-state index in [1.165, 1.54) is 25.3 Å². The van der Waals surface area contributed by atoms with Gasteiger partial charge < -0.3 is 13.8 Å². The van der Waals surface area contributed by atoms with Gasteiger partial charge >= 0.3 is 21.6 Å². The number of para-hydroxylation sites is 2. The summed E-state index contributed by atoms with van der Waals surface area (Å²) < 4.78 is 71.4. The zero-order valence-corrected chi connectivity index (χ0v) is 18.7. The highest BCUT2D eigenvalue weighted by Gasteiger charge is 2.49. The van der Waals surface area contributed by atoms with Gasteiger partial charge in [-0.3, -0.25) is 4.79 Å². The van der Waals surface area contributed by atoms with Crippen LogP contribution in [0.2, 0.25) is 0 Å². The van der Waals surface area contributed by atoms with Crippen LogP contribution in [0.4, 0.5) is 18.9 Å². The number of ether oxygens (including phenoxy) is 1. The highest BCUT2D eigenvalue weighted by Crippen LogP contribution is 2.36. The second-order valence-electron chi connectivity index (χ2n) is 7.16. The number of hydrogen-bond acceptors (Lipinski definition) is 6. The number of anilines is 1. The summed E-state index contributed by atoms with van der Waals surface area (Å²) in [5.41, 5.74) is -5.08. The number of allylic oxidation sites excluding steroid dienone is 2. The van der Waals surface area contributed by atoms with Gasteiger partial charge in [-0.1, -0.05) is 54.6 Å². The van der Waals surface area contributed by atoms with Gasteiger partial charge in [0.2, 0.25) is 0 Å². The largest absolute Gasteiger partial charge is 0.534 e. The molecular weight excluding hydrogens is 475 g/mol. The minimum Gasteiger partial charge on any atom is -0.466 e. The fourth-order valence-corrected chi connectivity index (χ4v) is 3.78. The highest BCUT2D eigenvalue weighted by atomic mass is 32.2. The van der Waals surface area contributed by atoms with Gasteiger partial charge in [0.25, 0.3) is 5.91 Å². The molecule has 0 aliphatic heterocycles. The Bertz CT molecular complexity index is 1240. The van der Waals surface area contributed by atoms with Crippen molar-refractivity contribution in [1.82, 2.24) is 0 Å². The lowest BCUT2D eigenvalue weighted by atomic mass is 9.95. The van der Waals surface area contributed by atoms with Crippen molar-refractivity contribution in [2.75, 3.05) is 12.0 Å². The van der Waals surface area contributed by atoms with Crippen molar-refractivity contribution in [3.63, 3.8) is 0 Å². The predicted molar refractivity (Wildman–Crippen MR) is 117 cm³/mol. The zero-order valence-electron chi connectivity index (χ0n) is 17.9. The first-order valence-electron chi connectivity index (χ1n) is 9.96. The molecule has 1 aliphatic carbocycles. The number of carbonyl (C=O) groups excluding carboxylic acids is 2. The van der Waals surface area contributed by atoms with E-state index in [4.69, 9.17) is 4.74 Å². The van der Waals surface area contributed by atoms with E-state index in [0.717, 1.165) is 11.0 Å². The van der Waals surface area contributed by atoms with E-state index in [2.05, 4.69) is 4.18 Å². The van der Waals surface area contributed by atoms with Crippen LogP contribution in [0.15, 0.2) is 77.9 Å². The molecule has 0 radical (unpaired) electrons. The van der Waals surface area contributed by atoms with Crippen molar-refractivity contribution >= 4 is 27.7 Å². The van der Waals surface area contributed by atoms with Crippen molar-refractivity contribution in [2.24, 2.45) is 0 Å². The summed E-state index contributed by atoms with van der Waals surface area (Å²) in [4.78, 5) is 27.0. The fraction of sp³-hybridized carbons (Fsp3) is 0.217. The van der Waals surface area contributed by atoms with E-state index in [-0.39, 0.29) is 36.2 Å². The molecule has 0 N–H and O–H groups in total. The Morgan fingerprint density at radius 3 is 2.15 bits per heavy atom. The Kier molecular flexibility index (Phi) is 7.45. The number of esters is 1. The molecule has 0 bridgehead atoms. The topological polar surface area (TPSA) is 90.0 Å². The van der Waals surface area contributed by atoms with Gasteiger partial charge in [0.15, 0.2) is 5.75 Å². The van der Waals surface area contributed by atoms with Crippen LogP contribution in [0.25, 0.3) is 0 Å². The molecule has 1 amide bonds. The third kappa shape index (κ3) is 5.48. The van der Waals surface area contributed by atoms with Crippen LogP contribution in [0.1, 0.15) is 18.4 Å². The first-order chi connectivity index (χ1) is 16.0. The Labute approximate surface area is 194 Å². The van der Waals surface area contributed by atoms with E-state index in [1.807, 2.05) is 0 Å². The van der Waals surface area contributed by atoms with Gasteiger partial charge in [0, 0.05) is 11.1 Å². The summed E-state index contributed by atoms with van der Waals surface area (Å²) in [6, 6.07) is 13.5. The van der Waals surface area contributed by atoms with Crippen molar-refractivity contribution in [3.05, 3.63) is 83.5 Å². The Morgan fingerprint density at radius 1 is 0.941 bits per heavy atom. The Hall–Kier alpha value is -3.60. The number of rotatable bonds is 7. The number of halogens is 3. The van der Waals surface area contributed by atoms with Crippen molar-refractivity contribution in [3.8, 4) is 5.75 Å². The van der Waals surface area contributed by atoms with Gasteiger partial charge in [-0.2, -0.15) is 21.6 Å². The zero-order chi connectivity index (χ0) is 24.9. The molecule has 0 saturated carbocycles. The minimum atomic E-state index is -5.99. The third-order valence-corrected chi connectivity index (χ3v) is 5.90. The summed E-state index contributed by atoms with van der Waals surface area (Å²) in [7, 11) is -4.82. The highest BCUT2D eigenvalue weighted by molar-refractivity contribution is 7.88. The first kappa shape index (κ1) is 25.0. The molecule has 0 unspecified atom stereocenters. The molecule has 1 aliphatic rings. The van der Waals surface area contributed by atoms with Gasteiger partial charge in [-0.05, 0) is 30.5 Å². The third-order valence-electron chi connectivity index (χ3n) is 4.93. The molecule has 0 atom stereocenters. The van der Waals surface area contributed by atoms with Crippen molar-refractivity contribution in [1.29, 1.82) is 0 Å². The first-order valence-corrected chi connectivity index (χ1v) is 11.4. The maximum absolute atomic E-state index is 13.6. The van der Waals surface area contributed by atoms with Crippen LogP contribution in [-0.4, -0.2) is 32.9 Å². The maximum Gasteiger partial charge on any atom is 0.534 e. The molecule has 0 saturated heterocycles. The molecule has 3 rings (SSSR count). The van der Waals surface area contributed by atoms with E-state index >= 15 is 0 Å². The number of hydrogen-bond donors (Lipinski definition) is 0. The van der Waals surface area contributed by atoms with Gasteiger partial charge in [0.1, 0.15) is 0 Å². The lowest BCUT2D eigenvalue weighted by Gasteiger charge is -2.27. The molecule has 0 aromatic heterocycles. The van der Waals surface area contributed by atoms with Crippen LogP contribution in [0.5, 0.6) is 5.75 Å². The lowest BCUT2D eigenvalue weighted by molar-refractivity contribution is -0.136. The minimum absolute atomic E-state index is 0.0818. The quantitative estimate of drug-likeness (QED) is 0.247. The summed E-state index contributed by atoms with van der Waals surface area (Å²) in [5.74, 6) is -2.10. The molecule has 2 aromatic rings. The molecule has 180 valence electrons. The van der Waals surface area contributed by atoms with E-state index < -0.39 is 33.3 Å². The fourth-order valence-electron chi connectivity index (χ4n) is 3.31. The number of nitrogens with zero attached hydrogens (tertiary/aromatic N) is 1. The molecule has 2 aromatic carbocycles. The summed E-state index contributed by atoms with van der Waals surface area (Å²) >= 11 is 0. The predicted octanol–water partition coefficient (Wildman–Crippen LogP) is 4.27. The van der Waals surface area contributed by atoms with Gasteiger partial charge in [-0.25, -0.2) is 4.79 Å². The molecular formula is C23H20F3NO6S. The number of amides is 1. The van der Waals surface area contributed by atoms with Gasteiger partial charge in [0.05, 0.1) is 19.3 Å². The standard InChI is InChI=1S/C23H20F3NO6S/c1-32-22(29)18-12-6-5-11-17(18)21(28)27(15-16-9-3-2-4-10-16)19-13-7-8-14-20(19)33-34(30,31)23(24,25)26/h2-10,13-14H,11-12,15H2,1H3. The molecule has 0 heterocycles. The van der Waals surface area contributed by atoms with Crippen LogP contribution in [0.3, 0.4) is 0 Å². The van der Waals surface area contributed by atoms with Crippen LogP contribution in [-0.2, 0) is 31.0 Å². The number of benzene rings is 2. The number of carbonyl (C=O) groups is 2. The summed E-state index contributed by atoms with van der Waals surface area (Å²) in [6.07, 6.45) is 3.58. The molecule has 7 nitrogen and oxygen atoms in total. The normalized spacial score (nSPS) is 14.0. The summed E-state index contributed by atoms with van der Waals surface area (Å²) in [6.45, 7) is -0.131. The van der Waals surface area contributed by atoms with Crippen LogP contribution < -0.4 is 9.08 Å². The Balaban J connectivity index is 2.13. The molecule has 0 spiro atoms. The molecule has 0 fully saturated rings. The monoisotopic (exact) mass is 495 g/mol. The van der Waals surface area contributed by atoms with Gasteiger partial charge in [-0.15, -0.1) is 0 Å². The number of methoxy groups -OCH3 is 1.